The predicted octanol–water partition coefficient (Wildman–Crippen LogP) is 4.00. The molecule has 0 radical (unpaired) electrons. The average Bonchev–Trinajstić information content (AvgIpc) is 2.25. The van der Waals surface area contributed by atoms with Gasteiger partial charge in [-0.2, -0.15) is 28.1 Å². The molecule has 0 spiro atoms. The Bertz CT molecular complexity index is 610. The van der Waals surface area contributed by atoms with Gasteiger partial charge in [-0.1, -0.05) is 6.07 Å². The molecule has 9 heteroatoms. The van der Waals surface area contributed by atoms with E-state index in [0.29, 0.717) is 6.07 Å². The minimum absolute atomic E-state index is 0.425. The molecule has 0 saturated carbocycles. The van der Waals surface area contributed by atoms with Crippen LogP contribution in [0.1, 0.15) is 5.56 Å². The lowest BCUT2D eigenvalue weighted by atomic mass is 10.1. The SMILES string of the molecule is Fc1cccc(C(F)(F)F)c1-c1nc(Cl)nc(Cl)n1. The Morgan fingerprint density at radius 3 is 2.05 bits per heavy atom. The van der Waals surface area contributed by atoms with Crippen LogP contribution in [-0.2, 0) is 6.18 Å². The fourth-order valence-corrected chi connectivity index (χ4v) is 1.79. The van der Waals surface area contributed by atoms with Crippen molar-refractivity contribution in [2.75, 3.05) is 0 Å². The number of hydrogen-bond acceptors (Lipinski definition) is 3. The maximum Gasteiger partial charge on any atom is 0.417 e. The van der Waals surface area contributed by atoms with E-state index in [0.717, 1.165) is 12.1 Å². The van der Waals surface area contributed by atoms with Crippen molar-refractivity contribution in [3.63, 3.8) is 0 Å². The largest absolute Gasteiger partial charge is 0.417 e. The Kier molecular flexibility index (Phi) is 3.60. The molecule has 0 fully saturated rings. The molecule has 0 atom stereocenters. The number of aromatic nitrogens is 3. The number of rotatable bonds is 1. The van der Waals surface area contributed by atoms with Gasteiger partial charge in [0.05, 0.1) is 11.1 Å². The van der Waals surface area contributed by atoms with Crippen molar-refractivity contribution >= 4 is 23.2 Å². The van der Waals surface area contributed by atoms with E-state index in [9.17, 15) is 17.6 Å². The van der Waals surface area contributed by atoms with Crippen molar-refractivity contribution in [1.82, 2.24) is 15.0 Å². The van der Waals surface area contributed by atoms with Gasteiger partial charge in [0.15, 0.2) is 5.82 Å². The monoisotopic (exact) mass is 311 g/mol. The first-order valence-electron chi connectivity index (χ1n) is 4.72. The van der Waals surface area contributed by atoms with Gasteiger partial charge in [-0.05, 0) is 35.3 Å². The van der Waals surface area contributed by atoms with Crippen LogP contribution in [0.5, 0.6) is 0 Å². The summed E-state index contributed by atoms with van der Waals surface area (Å²) < 4.78 is 52.1. The van der Waals surface area contributed by atoms with Gasteiger partial charge in [0, 0.05) is 0 Å². The summed E-state index contributed by atoms with van der Waals surface area (Å²) in [5.74, 6) is -1.71. The summed E-state index contributed by atoms with van der Waals surface area (Å²) in [5, 5.41) is -0.849. The molecule has 0 N–H and O–H groups in total. The number of benzene rings is 1. The molecule has 0 unspecified atom stereocenters. The summed E-state index contributed by atoms with van der Waals surface area (Å²) in [5.41, 5.74) is -2.04. The van der Waals surface area contributed by atoms with Gasteiger partial charge in [-0.3, -0.25) is 0 Å². The first-order valence-corrected chi connectivity index (χ1v) is 5.48. The normalized spacial score (nSPS) is 11.7. The number of nitrogens with zero attached hydrogens (tertiary/aromatic N) is 3. The zero-order chi connectivity index (χ0) is 14.2. The summed E-state index contributed by atoms with van der Waals surface area (Å²) in [6.07, 6.45) is -4.76. The van der Waals surface area contributed by atoms with Crippen LogP contribution in [0.4, 0.5) is 17.6 Å². The van der Waals surface area contributed by atoms with E-state index < -0.39 is 39.5 Å². The number of halogens is 6. The molecule has 19 heavy (non-hydrogen) atoms. The molecule has 0 saturated heterocycles. The Morgan fingerprint density at radius 2 is 1.53 bits per heavy atom. The summed E-state index contributed by atoms with van der Waals surface area (Å²) in [6.45, 7) is 0. The zero-order valence-corrected chi connectivity index (χ0v) is 10.4. The van der Waals surface area contributed by atoms with Crippen molar-refractivity contribution in [3.05, 3.63) is 40.1 Å². The molecule has 0 aliphatic carbocycles. The molecule has 3 nitrogen and oxygen atoms in total. The molecule has 0 aliphatic heterocycles. The van der Waals surface area contributed by atoms with Crippen LogP contribution in [-0.4, -0.2) is 15.0 Å². The summed E-state index contributed by atoms with van der Waals surface area (Å²) in [6, 6.07) is 2.51. The molecule has 0 aliphatic rings. The quantitative estimate of drug-likeness (QED) is 0.747. The van der Waals surface area contributed by atoms with Gasteiger partial charge in [0.1, 0.15) is 5.82 Å². The van der Waals surface area contributed by atoms with Crippen molar-refractivity contribution < 1.29 is 17.6 Å². The van der Waals surface area contributed by atoms with Gasteiger partial charge in [0.2, 0.25) is 10.6 Å². The lowest BCUT2D eigenvalue weighted by Crippen LogP contribution is -2.10. The van der Waals surface area contributed by atoms with Crippen LogP contribution in [0, 0.1) is 5.82 Å². The highest BCUT2D eigenvalue weighted by molar-refractivity contribution is 6.31. The first kappa shape index (κ1) is 14.0. The molecule has 1 aromatic heterocycles. The zero-order valence-electron chi connectivity index (χ0n) is 8.84. The van der Waals surface area contributed by atoms with Gasteiger partial charge in [0.25, 0.3) is 0 Å². The van der Waals surface area contributed by atoms with Crippen LogP contribution < -0.4 is 0 Å². The highest BCUT2D eigenvalue weighted by atomic mass is 35.5. The molecule has 1 heterocycles. The van der Waals surface area contributed by atoms with E-state index in [4.69, 9.17) is 23.2 Å². The van der Waals surface area contributed by atoms with Crippen molar-refractivity contribution in [3.8, 4) is 11.4 Å². The maximum absolute atomic E-state index is 13.6. The smallest absolute Gasteiger partial charge is 0.206 e. The molecule has 2 rings (SSSR count). The molecular formula is C10H3Cl2F4N3. The van der Waals surface area contributed by atoms with Crippen LogP contribution in [0.3, 0.4) is 0 Å². The van der Waals surface area contributed by atoms with Crippen molar-refractivity contribution in [1.29, 1.82) is 0 Å². The third-order valence-corrected chi connectivity index (χ3v) is 2.46. The van der Waals surface area contributed by atoms with E-state index in [1.54, 1.807) is 0 Å². The van der Waals surface area contributed by atoms with Crippen LogP contribution >= 0.6 is 23.2 Å². The highest BCUT2D eigenvalue weighted by Gasteiger charge is 2.36. The lowest BCUT2D eigenvalue weighted by molar-refractivity contribution is -0.137. The fourth-order valence-electron chi connectivity index (χ4n) is 1.43. The van der Waals surface area contributed by atoms with E-state index in [1.165, 1.54) is 0 Å². The molecule has 1 aromatic carbocycles. The van der Waals surface area contributed by atoms with Crippen molar-refractivity contribution in [2.45, 2.75) is 6.18 Å². The second kappa shape index (κ2) is 4.90. The van der Waals surface area contributed by atoms with Gasteiger partial charge in [-0.25, -0.2) is 4.39 Å². The second-order valence-electron chi connectivity index (χ2n) is 3.36. The predicted molar refractivity (Wildman–Crippen MR) is 60.2 cm³/mol. The number of alkyl halides is 3. The third-order valence-electron chi connectivity index (χ3n) is 2.12. The lowest BCUT2D eigenvalue weighted by Gasteiger charge is -2.12. The third kappa shape index (κ3) is 2.93. The highest BCUT2D eigenvalue weighted by Crippen LogP contribution is 2.37. The van der Waals surface area contributed by atoms with Crippen LogP contribution in [0.15, 0.2) is 18.2 Å². The summed E-state index contributed by atoms with van der Waals surface area (Å²) >= 11 is 10.9. The van der Waals surface area contributed by atoms with Crippen molar-refractivity contribution in [2.24, 2.45) is 0 Å². The van der Waals surface area contributed by atoms with E-state index in [2.05, 4.69) is 15.0 Å². The van der Waals surface area contributed by atoms with E-state index in [-0.39, 0.29) is 0 Å². The van der Waals surface area contributed by atoms with E-state index in [1.807, 2.05) is 0 Å². The minimum Gasteiger partial charge on any atom is -0.206 e. The Balaban J connectivity index is 2.74. The molecular weight excluding hydrogens is 309 g/mol. The van der Waals surface area contributed by atoms with E-state index >= 15 is 0 Å². The number of hydrogen-bond donors (Lipinski definition) is 0. The Labute approximate surface area is 114 Å². The maximum atomic E-state index is 13.6. The minimum atomic E-state index is -4.76. The summed E-state index contributed by atoms with van der Waals surface area (Å²) in [4.78, 5) is 10.3. The Morgan fingerprint density at radius 1 is 0.947 bits per heavy atom. The molecule has 0 amide bonds. The fraction of sp³-hybridized carbons (Fsp3) is 0.100. The van der Waals surface area contributed by atoms with Crippen LogP contribution in [0.25, 0.3) is 11.4 Å². The second-order valence-corrected chi connectivity index (χ2v) is 4.03. The molecule has 2 aromatic rings. The first-order chi connectivity index (χ1) is 8.79. The van der Waals surface area contributed by atoms with Gasteiger partial charge in [-0.15, -0.1) is 0 Å². The average molecular weight is 312 g/mol. The van der Waals surface area contributed by atoms with Gasteiger partial charge < -0.3 is 0 Å². The molecule has 0 bridgehead atoms. The molecule has 100 valence electrons. The Hall–Kier alpha value is -1.47. The summed E-state index contributed by atoms with van der Waals surface area (Å²) in [7, 11) is 0. The standard InChI is InChI=1S/C10H3Cl2F4N3/c11-8-17-7(18-9(12)19-8)6-4(10(14,15)16)2-1-3-5(6)13/h1-3H. The topological polar surface area (TPSA) is 38.7 Å². The van der Waals surface area contributed by atoms with Gasteiger partial charge >= 0.3 is 6.18 Å². The van der Waals surface area contributed by atoms with Crippen LogP contribution in [0.2, 0.25) is 10.6 Å².